The molecule has 0 saturated carbocycles. The van der Waals surface area contributed by atoms with E-state index in [-0.39, 0.29) is 17.9 Å². The summed E-state index contributed by atoms with van der Waals surface area (Å²) < 4.78 is 16.2. The zero-order valence-electron chi connectivity index (χ0n) is 20.9. The summed E-state index contributed by atoms with van der Waals surface area (Å²) in [4.78, 5) is 19.9. The number of nitrogens with one attached hydrogen (secondary N) is 1. The molecular weight excluding hydrogens is 444 g/mol. The van der Waals surface area contributed by atoms with Crippen LogP contribution in [0.5, 0.6) is 11.5 Å². The van der Waals surface area contributed by atoms with Crippen molar-refractivity contribution in [2.24, 2.45) is 5.92 Å². The molecule has 35 heavy (non-hydrogen) atoms. The number of carbonyl (C=O) groups excluding carboxylic acids is 1. The maximum atomic E-state index is 13.1. The smallest absolute Gasteiger partial charge is 0.241 e. The molecule has 0 spiro atoms. The van der Waals surface area contributed by atoms with Crippen LogP contribution in [-0.4, -0.2) is 48.3 Å². The number of likely N-dealkylation sites (tertiary alicyclic amines) is 1. The fraction of sp³-hybridized carbons (Fsp3) is 0.444. The number of methoxy groups -OCH3 is 2. The molecular formula is C27H34N4O4. The summed E-state index contributed by atoms with van der Waals surface area (Å²) in [6.45, 7) is 6.25. The number of piperidine rings is 1. The summed E-state index contributed by atoms with van der Waals surface area (Å²) in [7, 11) is 3.19. The van der Waals surface area contributed by atoms with Crippen LogP contribution in [0.1, 0.15) is 49.2 Å². The first-order chi connectivity index (χ1) is 17.0. The Kier molecular flexibility index (Phi) is 8.02. The number of aromatic nitrogens is 2. The van der Waals surface area contributed by atoms with E-state index in [0.29, 0.717) is 36.3 Å². The zero-order chi connectivity index (χ0) is 24.8. The van der Waals surface area contributed by atoms with Crippen molar-refractivity contribution >= 4 is 5.91 Å². The molecule has 8 nitrogen and oxygen atoms in total. The second-order valence-corrected chi connectivity index (χ2v) is 9.04. The molecule has 4 rings (SSSR count). The summed E-state index contributed by atoms with van der Waals surface area (Å²) in [5, 5.41) is 7.40. The Morgan fingerprint density at radius 2 is 1.94 bits per heavy atom. The average molecular weight is 479 g/mol. The van der Waals surface area contributed by atoms with E-state index in [4.69, 9.17) is 14.0 Å². The summed E-state index contributed by atoms with van der Waals surface area (Å²) >= 11 is 0. The second kappa shape index (κ2) is 11.4. The topological polar surface area (TPSA) is 89.7 Å². The van der Waals surface area contributed by atoms with Gasteiger partial charge in [0.1, 0.15) is 0 Å². The first kappa shape index (κ1) is 24.7. The number of amides is 1. The molecule has 2 aromatic carbocycles. The molecule has 1 saturated heterocycles. The minimum Gasteiger partial charge on any atom is -0.493 e. The SMILES string of the molecule is CCC(NC(=O)C1CCCN(Cc2nc(-c3ccc(OC)c(OC)c3)no2)C1)c1ccc(C)cc1. The van der Waals surface area contributed by atoms with Crippen molar-refractivity contribution in [3.63, 3.8) is 0 Å². The van der Waals surface area contributed by atoms with E-state index in [1.54, 1.807) is 14.2 Å². The third kappa shape index (κ3) is 6.00. The van der Waals surface area contributed by atoms with Crippen LogP contribution in [0.2, 0.25) is 0 Å². The normalized spacial score (nSPS) is 17.1. The van der Waals surface area contributed by atoms with E-state index in [1.165, 1.54) is 5.56 Å². The molecule has 1 aliphatic heterocycles. The summed E-state index contributed by atoms with van der Waals surface area (Å²) in [5.74, 6) is 2.33. The quantitative estimate of drug-likeness (QED) is 0.483. The molecule has 1 fully saturated rings. The van der Waals surface area contributed by atoms with E-state index in [9.17, 15) is 4.79 Å². The largest absolute Gasteiger partial charge is 0.493 e. The first-order valence-corrected chi connectivity index (χ1v) is 12.1. The van der Waals surface area contributed by atoms with Crippen LogP contribution in [0, 0.1) is 12.8 Å². The van der Waals surface area contributed by atoms with Gasteiger partial charge in [0.05, 0.1) is 32.7 Å². The molecule has 2 atom stereocenters. The van der Waals surface area contributed by atoms with Crippen molar-refractivity contribution in [2.75, 3.05) is 27.3 Å². The molecule has 1 N–H and O–H groups in total. The van der Waals surface area contributed by atoms with Crippen molar-refractivity contribution in [3.8, 4) is 22.9 Å². The molecule has 2 unspecified atom stereocenters. The van der Waals surface area contributed by atoms with E-state index >= 15 is 0 Å². The van der Waals surface area contributed by atoms with Crippen LogP contribution in [0.3, 0.4) is 0 Å². The van der Waals surface area contributed by atoms with Gasteiger partial charge in [0.25, 0.3) is 0 Å². The number of ether oxygens (including phenoxy) is 2. The van der Waals surface area contributed by atoms with Gasteiger partial charge in [0.15, 0.2) is 11.5 Å². The van der Waals surface area contributed by atoms with E-state index in [2.05, 4.69) is 58.5 Å². The summed E-state index contributed by atoms with van der Waals surface area (Å²) in [5.41, 5.74) is 3.15. The summed E-state index contributed by atoms with van der Waals surface area (Å²) in [6.07, 6.45) is 2.69. The van der Waals surface area contributed by atoms with Gasteiger partial charge in [-0.2, -0.15) is 4.98 Å². The van der Waals surface area contributed by atoms with E-state index < -0.39 is 0 Å². The van der Waals surface area contributed by atoms with Gasteiger partial charge in [-0.3, -0.25) is 9.69 Å². The third-order valence-corrected chi connectivity index (χ3v) is 6.55. The van der Waals surface area contributed by atoms with Crippen LogP contribution >= 0.6 is 0 Å². The van der Waals surface area contributed by atoms with Gasteiger partial charge in [-0.25, -0.2) is 0 Å². The number of nitrogens with zero attached hydrogens (tertiary/aromatic N) is 3. The Morgan fingerprint density at radius 3 is 2.66 bits per heavy atom. The number of aryl methyl sites for hydroxylation is 1. The molecule has 0 bridgehead atoms. The Balaban J connectivity index is 1.37. The lowest BCUT2D eigenvalue weighted by Crippen LogP contribution is -2.43. The van der Waals surface area contributed by atoms with Gasteiger partial charge in [0, 0.05) is 12.1 Å². The molecule has 0 radical (unpaired) electrons. The van der Waals surface area contributed by atoms with Gasteiger partial charge < -0.3 is 19.3 Å². The Labute approximate surface area is 206 Å². The highest BCUT2D eigenvalue weighted by Crippen LogP contribution is 2.31. The average Bonchev–Trinajstić information content (AvgIpc) is 3.35. The molecule has 186 valence electrons. The highest BCUT2D eigenvalue weighted by Gasteiger charge is 2.28. The number of hydrogen-bond donors (Lipinski definition) is 1. The molecule has 2 heterocycles. The van der Waals surface area contributed by atoms with Gasteiger partial charge in [-0.05, 0) is 56.5 Å². The minimum atomic E-state index is -0.0588. The lowest BCUT2D eigenvalue weighted by molar-refractivity contribution is -0.127. The predicted molar refractivity (Wildman–Crippen MR) is 133 cm³/mol. The van der Waals surface area contributed by atoms with Gasteiger partial charge >= 0.3 is 0 Å². The van der Waals surface area contributed by atoms with Crippen LogP contribution in [0.25, 0.3) is 11.4 Å². The first-order valence-electron chi connectivity index (χ1n) is 12.1. The number of hydrogen-bond acceptors (Lipinski definition) is 7. The molecule has 8 heteroatoms. The maximum Gasteiger partial charge on any atom is 0.241 e. The van der Waals surface area contributed by atoms with Crippen LogP contribution in [-0.2, 0) is 11.3 Å². The molecule has 3 aromatic rings. The Hall–Kier alpha value is -3.39. The molecule has 1 aromatic heterocycles. The lowest BCUT2D eigenvalue weighted by Gasteiger charge is -2.32. The van der Waals surface area contributed by atoms with Crippen molar-refractivity contribution in [1.82, 2.24) is 20.4 Å². The zero-order valence-corrected chi connectivity index (χ0v) is 20.9. The van der Waals surface area contributed by atoms with Crippen molar-refractivity contribution in [2.45, 2.75) is 45.7 Å². The monoisotopic (exact) mass is 478 g/mol. The maximum absolute atomic E-state index is 13.1. The summed E-state index contributed by atoms with van der Waals surface area (Å²) in [6, 6.07) is 13.9. The van der Waals surface area contributed by atoms with E-state index in [0.717, 1.165) is 36.9 Å². The number of rotatable bonds is 9. The Morgan fingerprint density at radius 1 is 1.17 bits per heavy atom. The van der Waals surface area contributed by atoms with Crippen molar-refractivity contribution < 1.29 is 18.8 Å². The Bertz CT molecular complexity index is 1130. The number of carbonyl (C=O) groups is 1. The van der Waals surface area contributed by atoms with E-state index in [1.807, 2.05) is 18.2 Å². The highest BCUT2D eigenvalue weighted by molar-refractivity contribution is 5.79. The third-order valence-electron chi connectivity index (χ3n) is 6.55. The molecule has 1 aliphatic rings. The van der Waals surface area contributed by atoms with Crippen LogP contribution in [0.4, 0.5) is 0 Å². The number of benzene rings is 2. The van der Waals surface area contributed by atoms with Crippen molar-refractivity contribution in [3.05, 3.63) is 59.5 Å². The molecule has 1 amide bonds. The minimum absolute atomic E-state index is 0.0264. The van der Waals surface area contributed by atoms with Gasteiger partial charge in [-0.15, -0.1) is 0 Å². The van der Waals surface area contributed by atoms with Crippen LogP contribution < -0.4 is 14.8 Å². The van der Waals surface area contributed by atoms with Crippen molar-refractivity contribution in [1.29, 1.82) is 0 Å². The fourth-order valence-electron chi connectivity index (χ4n) is 4.53. The second-order valence-electron chi connectivity index (χ2n) is 9.04. The molecule has 0 aliphatic carbocycles. The van der Waals surface area contributed by atoms with Gasteiger partial charge in [0.2, 0.25) is 17.6 Å². The predicted octanol–water partition coefficient (Wildman–Crippen LogP) is 4.54. The highest BCUT2D eigenvalue weighted by atomic mass is 16.5. The fourth-order valence-corrected chi connectivity index (χ4v) is 4.53. The van der Waals surface area contributed by atoms with Gasteiger partial charge in [-0.1, -0.05) is 41.9 Å². The van der Waals surface area contributed by atoms with Crippen LogP contribution in [0.15, 0.2) is 47.0 Å². The lowest BCUT2D eigenvalue weighted by atomic mass is 9.95. The standard InChI is InChI=1S/C27H34N4O4/c1-5-22(19-10-8-18(2)9-11-19)28-27(32)21-7-6-14-31(16-21)17-25-29-26(30-35-25)20-12-13-23(33-3)24(15-20)34-4/h8-13,15,21-22H,5-7,14,16-17H2,1-4H3,(H,28,32).